The SMILES string of the molecule is CSC1C(=O)Nc2cc(-c3cc(Br)cc(Br)c3)ccc21. The van der Waals surface area contributed by atoms with E-state index >= 15 is 0 Å². The first-order valence-electron chi connectivity index (χ1n) is 6.02. The molecule has 1 aliphatic rings. The summed E-state index contributed by atoms with van der Waals surface area (Å²) in [5.41, 5.74) is 4.19. The highest BCUT2D eigenvalue weighted by Crippen LogP contribution is 2.41. The van der Waals surface area contributed by atoms with Crippen LogP contribution in [0.5, 0.6) is 0 Å². The minimum Gasteiger partial charge on any atom is -0.324 e. The van der Waals surface area contributed by atoms with Gasteiger partial charge in [-0.2, -0.15) is 0 Å². The number of rotatable bonds is 2. The molecule has 0 bridgehead atoms. The topological polar surface area (TPSA) is 29.1 Å². The Morgan fingerprint density at radius 1 is 1.05 bits per heavy atom. The molecule has 0 spiro atoms. The van der Waals surface area contributed by atoms with Crippen molar-refractivity contribution in [2.24, 2.45) is 0 Å². The maximum absolute atomic E-state index is 11.9. The molecule has 1 atom stereocenters. The van der Waals surface area contributed by atoms with Gasteiger partial charge in [-0.15, -0.1) is 11.8 Å². The van der Waals surface area contributed by atoms with Crippen molar-refractivity contribution in [2.75, 3.05) is 11.6 Å². The van der Waals surface area contributed by atoms with Crippen molar-refractivity contribution in [3.8, 4) is 11.1 Å². The number of carbonyl (C=O) groups is 1. The van der Waals surface area contributed by atoms with E-state index in [-0.39, 0.29) is 11.2 Å². The predicted octanol–water partition coefficient (Wildman–Crippen LogP) is 5.23. The van der Waals surface area contributed by atoms with Gasteiger partial charge in [-0.05, 0) is 47.2 Å². The van der Waals surface area contributed by atoms with Gasteiger partial charge >= 0.3 is 0 Å². The quantitative estimate of drug-likeness (QED) is 0.731. The second kappa shape index (κ2) is 5.54. The van der Waals surface area contributed by atoms with E-state index in [2.05, 4.69) is 55.4 Å². The molecule has 0 fully saturated rings. The molecule has 5 heteroatoms. The van der Waals surface area contributed by atoms with Crippen LogP contribution in [-0.2, 0) is 4.79 Å². The Morgan fingerprint density at radius 3 is 2.40 bits per heavy atom. The summed E-state index contributed by atoms with van der Waals surface area (Å²) in [6.45, 7) is 0. The number of benzene rings is 2. The highest BCUT2D eigenvalue weighted by Gasteiger charge is 2.29. The average Bonchev–Trinajstić information content (AvgIpc) is 2.71. The molecule has 0 saturated carbocycles. The van der Waals surface area contributed by atoms with Crippen molar-refractivity contribution in [1.29, 1.82) is 0 Å². The zero-order valence-corrected chi connectivity index (χ0v) is 14.6. The Hall–Kier alpha value is -0.780. The Labute approximate surface area is 138 Å². The van der Waals surface area contributed by atoms with Crippen LogP contribution in [0.1, 0.15) is 10.8 Å². The molecule has 102 valence electrons. The monoisotopic (exact) mass is 411 g/mol. The normalized spacial score (nSPS) is 16.9. The zero-order valence-electron chi connectivity index (χ0n) is 10.6. The molecule has 2 aromatic rings. The third-order valence-corrected chi connectivity index (χ3v) is 5.12. The Balaban J connectivity index is 2.06. The summed E-state index contributed by atoms with van der Waals surface area (Å²) in [6, 6.07) is 12.3. The van der Waals surface area contributed by atoms with Gasteiger partial charge in [0, 0.05) is 14.6 Å². The van der Waals surface area contributed by atoms with E-state index in [1.54, 1.807) is 11.8 Å². The molecule has 0 radical (unpaired) electrons. The van der Waals surface area contributed by atoms with Crippen molar-refractivity contribution in [2.45, 2.75) is 5.25 Å². The van der Waals surface area contributed by atoms with Gasteiger partial charge in [-0.3, -0.25) is 4.79 Å². The van der Waals surface area contributed by atoms with E-state index in [1.165, 1.54) is 0 Å². The van der Waals surface area contributed by atoms with Crippen LogP contribution in [0.3, 0.4) is 0 Å². The number of anilines is 1. The van der Waals surface area contributed by atoms with Crippen LogP contribution in [0.4, 0.5) is 5.69 Å². The summed E-state index contributed by atoms with van der Waals surface area (Å²) in [5, 5.41) is 2.87. The van der Waals surface area contributed by atoms with Crippen molar-refractivity contribution >= 4 is 55.2 Å². The van der Waals surface area contributed by atoms with Gasteiger partial charge in [0.25, 0.3) is 0 Å². The predicted molar refractivity (Wildman–Crippen MR) is 92.2 cm³/mol. The number of hydrogen-bond acceptors (Lipinski definition) is 2. The fraction of sp³-hybridized carbons (Fsp3) is 0.133. The van der Waals surface area contributed by atoms with Crippen molar-refractivity contribution < 1.29 is 4.79 Å². The second-order valence-electron chi connectivity index (χ2n) is 4.57. The third kappa shape index (κ3) is 2.54. The zero-order chi connectivity index (χ0) is 14.3. The minimum atomic E-state index is -0.0895. The lowest BCUT2D eigenvalue weighted by Crippen LogP contribution is -2.08. The van der Waals surface area contributed by atoms with E-state index in [1.807, 2.05) is 24.5 Å². The fourth-order valence-corrected chi connectivity index (χ4v) is 4.39. The molecule has 2 aromatic carbocycles. The van der Waals surface area contributed by atoms with Gasteiger partial charge in [0.2, 0.25) is 5.91 Å². The van der Waals surface area contributed by atoms with Crippen LogP contribution in [0.15, 0.2) is 45.3 Å². The number of amides is 1. The summed E-state index contributed by atoms with van der Waals surface area (Å²) in [5.74, 6) is 0.0695. The molecule has 1 unspecified atom stereocenters. The van der Waals surface area contributed by atoms with E-state index in [4.69, 9.17) is 0 Å². The molecule has 1 heterocycles. The fourth-order valence-electron chi connectivity index (χ4n) is 2.37. The van der Waals surface area contributed by atoms with Gasteiger partial charge in [-0.25, -0.2) is 0 Å². The number of carbonyl (C=O) groups excluding carboxylic acids is 1. The largest absolute Gasteiger partial charge is 0.324 e. The summed E-state index contributed by atoms with van der Waals surface area (Å²) >= 11 is 8.56. The van der Waals surface area contributed by atoms with E-state index < -0.39 is 0 Å². The first kappa shape index (κ1) is 14.2. The van der Waals surface area contributed by atoms with Crippen molar-refractivity contribution in [1.82, 2.24) is 0 Å². The lowest BCUT2D eigenvalue weighted by Gasteiger charge is -2.08. The number of halogens is 2. The maximum Gasteiger partial charge on any atom is 0.242 e. The molecule has 0 aliphatic carbocycles. The van der Waals surface area contributed by atoms with Crippen molar-refractivity contribution in [3.63, 3.8) is 0 Å². The summed E-state index contributed by atoms with van der Waals surface area (Å²) in [4.78, 5) is 11.9. The van der Waals surface area contributed by atoms with Crippen LogP contribution < -0.4 is 5.32 Å². The van der Waals surface area contributed by atoms with Crippen LogP contribution in [0, 0.1) is 0 Å². The molecule has 20 heavy (non-hydrogen) atoms. The molecule has 0 aromatic heterocycles. The molecule has 1 amide bonds. The van der Waals surface area contributed by atoms with E-state index in [0.717, 1.165) is 31.3 Å². The molecular formula is C15H11Br2NOS. The molecule has 2 nitrogen and oxygen atoms in total. The lowest BCUT2D eigenvalue weighted by molar-refractivity contribution is -0.115. The van der Waals surface area contributed by atoms with E-state index in [0.29, 0.717) is 0 Å². The van der Waals surface area contributed by atoms with Crippen LogP contribution >= 0.6 is 43.6 Å². The van der Waals surface area contributed by atoms with Gasteiger partial charge < -0.3 is 5.32 Å². The molecule has 3 rings (SSSR count). The smallest absolute Gasteiger partial charge is 0.242 e. The molecule has 1 aliphatic heterocycles. The van der Waals surface area contributed by atoms with Crippen molar-refractivity contribution in [3.05, 3.63) is 50.9 Å². The van der Waals surface area contributed by atoms with Crippen LogP contribution in [0.25, 0.3) is 11.1 Å². The summed E-state index contributed by atoms with van der Waals surface area (Å²) in [7, 11) is 0. The number of fused-ring (bicyclic) bond motifs is 1. The Morgan fingerprint density at radius 2 is 1.75 bits per heavy atom. The van der Waals surface area contributed by atoms with Crippen LogP contribution in [0.2, 0.25) is 0 Å². The highest BCUT2D eigenvalue weighted by atomic mass is 79.9. The number of thioether (sulfide) groups is 1. The van der Waals surface area contributed by atoms with Gasteiger partial charge in [0.15, 0.2) is 0 Å². The molecular weight excluding hydrogens is 402 g/mol. The summed E-state index contributed by atoms with van der Waals surface area (Å²) in [6.07, 6.45) is 1.96. The molecule has 0 saturated heterocycles. The first-order valence-corrected chi connectivity index (χ1v) is 8.90. The second-order valence-corrected chi connectivity index (χ2v) is 7.34. The van der Waals surface area contributed by atoms with Gasteiger partial charge in [-0.1, -0.05) is 44.0 Å². The maximum atomic E-state index is 11.9. The standard InChI is InChI=1S/C15H11Br2NOS/c1-20-14-12-3-2-8(6-13(12)18-15(14)19)9-4-10(16)7-11(17)5-9/h2-7,14H,1H3,(H,18,19). The minimum absolute atomic E-state index is 0.0695. The summed E-state index contributed by atoms with van der Waals surface area (Å²) < 4.78 is 2.04. The third-order valence-electron chi connectivity index (χ3n) is 3.26. The van der Waals surface area contributed by atoms with Gasteiger partial charge in [0.1, 0.15) is 5.25 Å². The van der Waals surface area contributed by atoms with Crippen LogP contribution in [-0.4, -0.2) is 12.2 Å². The average molecular weight is 413 g/mol. The van der Waals surface area contributed by atoms with Gasteiger partial charge in [0.05, 0.1) is 0 Å². The first-order chi connectivity index (χ1) is 9.58. The molecule has 1 N–H and O–H groups in total. The lowest BCUT2D eigenvalue weighted by atomic mass is 10.0. The number of hydrogen-bond donors (Lipinski definition) is 1. The highest BCUT2D eigenvalue weighted by molar-refractivity contribution is 9.11. The Kier molecular flexibility index (Phi) is 3.93. The number of nitrogens with one attached hydrogen (secondary N) is 1. The Bertz CT molecular complexity index is 682. The van der Waals surface area contributed by atoms with E-state index in [9.17, 15) is 4.79 Å².